The number of anilines is 1. The van der Waals surface area contributed by atoms with Gasteiger partial charge in [-0.05, 0) is 36.8 Å². The molecule has 5 nitrogen and oxygen atoms in total. The molecule has 1 N–H and O–H groups in total. The molecule has 4 rings (SSSR count). The number of thioether (sulfide) groups is 1. The van der Waals surface area contributed by atoms with E-state index in [1.165, 1.54) is 11.3 Å². The third-order valence-corrected chi connectivity index (χ3v) is 7.29. The number of nitriles is 1. The number of nitrogens with zero attached hydrogens (tertiary/aromatic N) is 3. The van der Waals surface area contributed by atoms with E-state index in [1.54, 1.807) is 30.3 Å². The monoisotopic (exact) mass is 488 g/mol. The normalized spacial score (nSPS) is 15.5. The van der Waals surface area contributed by atoms with Crippen LogP contribution >= 0.6 is 23.1 Å². The van der Waals surface area contributed by atoms with E-state index in [0.29, 0.717) is 22.0 Å². The molecule has 1 aliphatic carbocycles. The van der Waals surface area contributed by atoms with E-state index in [0.717, 1.165) is 47.5 Å². The van der Waals surface area contributed by atoms with Crippen LogP contribution in [0.25, 0.3) is 11.3 Å². The molecular formula is C23H19F3N4OS2. The van der Waals surface area contributed by atoms with Crippen molar-refractivity contribution in [1.29, 1.82) is 5.26 Å². The zero-order chi connectivity index (χ0) is 23.6. The Balaban J connectivity index is 1.51. The number of rotatable bonds is 5. The predicted molar refractivity (Wildman–Crippen MR) is 122 cm³/mol. The summed E-state index contributed by atoms with van der Waals surface area (Å²) in [7, 11) is 0. The van der Waals surface area contributed by atoms with Crippen molar-refractivity contribution >= 4 is 34.0 Å². The smallest absolute Gasteiger partial charge is 0.316 e. The van der Waals surface area contributed by atoms with Gasteiger partial charge >= 0.3 is 6.18 Å². The molecule has 0 bridgehead atoms. The van der Waals surface area contributed by atoms with Crippen LogP contribution in [0.4, 0.5) is 18.2 Å². The first-order valence-corrected chi connectivity index (χ1v) is 12.0. The molecule has 2 aromatic heterocycles. The van der Waals surface area contributed by atoms with Gasteiger partial charge in [-0.3, -0.25) is 4.79 Å². The minimum atomic E-state index is -4.64. The summed E-state index contributed by atoms with van der Waals surface area (Å²) in [6.07, 6.45) is -1.96. The van der Waals surface area contributed by atoms with Gasteiger partial charge in [-0.2, -0.15) is 18.4 Å². The van der Waals surface area contributed by atoms with Crippen LogP contribution in [0.2, 0.25) is 0 Å². The number of amides is 1. The van der Waals surface area contributed by atoms with Crippen LogP contribution in [0.5, 0.6) is 0 Å². The number of alkyl halides is 3. The number of fused-ring (bicyclic) bond motifs is 1. The Hall–Kier alpha value is -2.90. The first kappa shape index (κ1) is 23.3. The summed E-state index contributed by atoms with van der Waals surface area (Å²) < 4.78 is 40.1. The molecule has 1 aliphatic rings. The van der Waals surface area contributed by atoms with E-state index >= 15 is 0 Å². The molecule has 0 saturated carbocycles. The van der Waals surface area contributed by atoms with Gasteiger partial charge in [0.15, 0.2) is 5.16 Å². The summed E-state index contributed by atoms with van der Waals surface area (Å²) >= 11 is 2.23. The molecule has 1 unspecified atom stereocenters. The second-order valence-electron chi connectivity index (χ2n) is 7.79. The zero-order valence-corrected chi connectivity index (χ0v) is 19.2. The maximum absolute atomic E-state index is 13.4. The number of nitrogens with one attached hydrogen (secondary N) is 1. The van der Waals surface area contributed by atoms with E-state index in [-0.39, 0.29) is 16.6 Å². The Bertz CT molecular complexity index is 1220. The van der Waals surface area contributed by atoms with Gasteiger partial charge in [0.25, 0.3) is 0 Å². The van der Waals surface area contributed by atoms with Gasteiger partial charge in [0.1, 0.15) is 16.8 Å². The fraction of sp³-hybridized carbons (Fsp3) is 0.304. The summed E-state index contributed by atoms with van der Waals surface area (Å²) in [6.45, 7) is 2.16. The zero-order valence-electron chi connectivity index (χ0n) is 17.6. The highest BCUT2D eigenvalue weighted by Gasteiger charge is 2.34. The molecule has 1 aromatic carbocycles. The number of carbonyl (C=O) groups is 1. The maximum atomic E-state index is 13.4. The van der Waals surface area contributed by atoms with E-state index in [9.17, 15) is 23.2 Å². The van der Waals surface area contributed by atoms with Gasteiger partial charge in [0.05, 0.1) is 17.0 Å². The Morgan fingerprint density at radius 1 is 1.30 bits per heavy atom. The Kier molecular flexibility index (Phi) is 6.72. The minimum absolute atomic E-state index is 0.132. The van der Waals surface area contributed by atoms with E-state index in [2.05, 4.69) is 28.3 Å². The van der Waals surface area contributed by atoms with Crippen LogP contribution in [0, 0.1) is 17.2 Å². The molecule has 170 valence electrons. The topological polar surface area (TPSA) is 78.7 Å². The molecule has 2 heterocycles. The lowest BCUT2D eigenvalue weighted by Gasteiger charge is -2.17. The van der Waals surface area contributed by atoms with E-state index < -0.39 is 17.8 Å². The van der Waals surface area contributed by atoms with Gasteiger partial charge in [-0.25, -0.2) is 9.97 Å². The quantitative estimate of drug-likeness (QED) is 0.355. The van der Waals surface area contributed by atoms with Crippen molar-refractivity contribution < 1.29 is 18.0 Å². The number of hydrogen-bond donors (Lipinski definition) is 1. The largest absolute Gasteiger partial charge is 0.433 e. The number of benzene rings is 1. The van der Waals surface area contributed by atoms with E-state index in [1.807, 2.05) is 0 Å². The Morgan fingerprint density at radius 2 is 2.06 bits per heavy atom. The molecule has 0 saturated heterocycles. The molecule has 3 aromatic rings. The van der Waals surface area contributed by atoms with Crippen LogP contribution < -0.4 is 5.32 Å². The third kappa shape index (κ3) is 5.37. The van der Waals surface area contributed by atoms with Gasteiger partial charge in [0, 0.05) is 10.4 Å². The second-order valence-corrected chi connectivity index (χ2v) is 9.84. The number of halogens is 3. The molecule has 0 fully saturated rings. The average Bonchev–Trinajstić information content (AvgIpc) is 3.13. The van der Waals surface area contributed by atoms with Crippen LogP contribution in [-0.4, -0.2) is 21.6 Å². The molecule has 33 heavy (non-hydrogen) atoms. The maximum Gasteiger partial charge on any atom is 0.433 e. The van der Waals surface area contributed by atoms with Crippen molar-refractivity contribution in [2.45, 2.75) is 37.5 Å². The lowest BCUT2D eigenvalue weighted by atomic mass is 9.89. The van der Waals surface area contributed by atoms with Crippen LogP contribution in [0.3, 0.4) is 0 Å². The molecule has 1 amide bonds. The Labute approximate surface area is 197 Å². The van der Waals surface area contributed by atoms with Crippen molar-refractivity contribution in [1.82, 2.24) is 9.97 Å². The Morgan fingerprint density at radius 3 is 2.76 bits per heavy atom. The summed E-state index contributed by atoms with van der Waals surface area (Å²) in [5.74, 6) is -0.0802. The van der Waals surface area contributed by atoms with Gasteiger partial charge in [0.2, 0.25) is 5.91 Å². The first-order chi connectivity index (χ1) is 15.7. The van der Waals surface area contributed by atoms with Crippen LogP contribution in [0.15, 0.2) is 41.6 Å². The van der Waals surface area contributed by atoms with Crippen LogP contribution in [-0.2, 0) is 23.8 Å². The number of carbonyl (C=O) groups excluding carboxylic acids is 1. The highest BCUT2D eigenvalue weighted by Crippen LogP contribution is 2.39. The van der Waals surface area contributed by atoms with Crippen molar-refractivity contribution in [2.24, 2.45) is 5.92 Å². The molecule has 1 atom stereocenters. The fourth-order valence-corrected chi connectivity index (χ4v) is 5.68. The minimum Gasteiger partial charge on any atom is -0.316 e. The molecule has 10 heteroatoms. The van der Waals surface area contributed by atoms with Gasteiger partial charge in [-0.1, -0.05) is 49.0 Å². The van der Waals surface area contributed by atoms with Crippen molar-refractivity contribution in [3.05, 3.63) is 58.1 Å². The highest BCUT2D eigenvalue weighted by molar-refractivity contribution is 7.99. The predicted octanol–water partition coefficient (Wildman–Crippen LogP) is 5.95. The highest BCUT2D eigenvalue weighted by atomic mass is 32.2. The average molecular weight is 489 g/mol. The number of aromatic nitrogens is 2. The van der Waals surface area contributed by atoms with Gasteiger partial charge < -0.3 is 5.32 Å². The molecular weight excluding hydrogens is 469 g/mol. The molecule has 0 radical (unpaired) electrons. The third-order valence-electron chi connectivity index (χ3n) is 5.27. The van der Waals surface area contributed by atoms with E-state index in [4.69, 9.17) is 0 Å². The summed E-state index contributed by atoms with van der Waals surface area (Å²) in [4.78, 5) is 21.5. The standard InChI is InChI=1S/C23H19F3N4OS2/c1-13-7-8-15-16(11-27)21(33-18(15)9-13)30-20(31)12-32-22-28-17(14-5-3-2-4-6-14)10-19(29-22)23(24,25)26/h2-6,10,13H,7-9,12H2,1H3,(H,30,31). The summed E-state index contributed by atoms with van der Waals surface area (Å²) in [5, 5.41) is 12.7. The molecule has 0 spiro atoms. The number of hydrogen-bond acceptors (Lipinski definition) is 6. The fourth-order valence-electron chi connectivity index (χ4n) is 3.64. The summed E-state index contributed by atoms with van der Waals surface area (Å²) in [5.41, 5.74) is 1.08. The van der Waals surface area contributed by atoms with Crippen molar-refractivity contribution in [3.8, 4) is 17.3 Å². The molecule has 0 aliphatic heterocycles. The lowest BCUT2D eigenvalue weighted by Crippen LogP contribution is -2.15. The second kappa shape index (κ2) is 9.53. The lowest BCUT2D eigenvalue weighted by molar-refractivity contribution is -0.141. The SMILES string of the molecule is CC1CCc2c(sc(NC(=O)CSc3nc(-c4ccccc4)cc(C(F)(F)F)n3)c2C#N)C1. The first-order valence-electron chi connectivity index (χ1n) is 10.2. The summed E-state index contributed by atoms with van der Waals surface area (Å²) in [6, 6.07) is 11.6. The van der Waals surface area contributed by atoms with Gasteiger partial charge in [-0.15, -0.1) is 11.3 Å². The number of thiophene rings is 1. The van der Waals surface area contributed by atoms with Crippen LogP contribution in [0.1, 0.15) is 35.0 Å². The van der Waals surface area contributed by atoms with Crippen molar-refractivity contribution in [3.63, 3.8) is 0 Å². The van der Waals surface area contributed by atoms with Crippen molar-refractivity contribution in [2.75, 3.05) is 11.1 Å².